The number of hydrogen-bond donors (Lipinski definition) is 1. The molecular weight excluding hydrogens is 340 g/mol. The first-order chi connectivity index (χ1) is 13.1. The van der Waals surface area contributed by atoms with E-state index in [2.05, 4.69) is 96.5 Å². The summed E-state index contributed by atoms with van der Waals surface area (Å²) in [6.45, 7) is 23.6. The molecule has 0 aliphatic carbocycles. The van der Waals surface area contributed by atoms with Gasteiger partial charge in [0.15, 0.2) is 0 Å². The summed E-state index contributed by atoms with van der Waals surface area (Å²) in [6.07, 6.45) is 15.1. The predicted octanol–water partition coefficient (Wildman–Crippen LogP) is 7.47. The van der Waals surface area contributed by atoms with E-state index in [4.69, 9.17) is 0 Å². The second-order valence-corrected chi connectivity index (χ2v) is 9.09. The summed E-state index contributed by atoms with van der Waals surface area (Å²) in [6, 6.07) is 0.556. The van der Waals surface area contributed by atoms with Crippen LogP contribution in [0.4, 0.5) is 0 Å². The number of rotatable bonds is 14. The third-order valence-corrected chi connectivity index (χ3v) is 5.72. The van der Waals surface area contributed by atoms with Crippen LogP contribution in [0.3, 0.4) is 0 Å². The Bertz CT molecular complexity index is 533. The van der Waals surface area contributed by atoms with Gasteiger partial charge in [0, 0.05) is 31.0 Å². The number of nitrogens with one attached hydrogen (secondary N) is 1. The fourth-order valence-electron chi connectivity index (χ4n) is 3.13. The summed E-state index contributed by atoms with van der Waals surface area (Å²) < 4.78 is 0. The maximum Gasteiger partial charge on any atom is 0.0352 e. The average molecular weight is 389 g/mol. The second-order valence-electron chi connectivity index (χ2n) is 9.09. The minimum absolute atomic E-state index is 0.309. The van der Waals surface area contributed by atoms with Gasteiger partial charge in [-0.25, -0.2) is 0 Å². The van der Waals surface area contributed by atoms with Crippen molar-refractivity contribution in [2.45, 2.75) is 93.5 Å². The van der Waals surface area contributed by atoms with E-state index in [-0.39, 0.29) is 0 Å². The quantitative estimate of drug-likeness (QED) is 0.310. The molecule has 162 valence electrons. The average Bonchev–Trinajstić information content (AvgIpc) is 2.66. The Morgan fingerprint density at radius 3 is 2.18 bits per heavy atom. The standard InChI is InChI=1S/C26H48N2/c1-11-14-15-23(7)28(20-26(8,9)13-3)25(21(4)5)19-18-24(12-2)17-16-22(6)27-10/h16-19,23-24,27H,6,11-15,20H2,1-5,7-10H3/b17-16+,19-18-. The van der Waals surface area contributed by atoms with Gasteiger partial charge >= 0.3 is 0 Å². The van der Waals surface area contributed by atoms with Crippen LogP contribution in [0.25, 0.3) is 0 Å². The molecule has 0 saturated carbocycles. The smallest absolute Gasteiger partial charge is 0.0352 e. The summed E-state index contributed by atoms with van der Waals surface area (Å²) in [7, 11) is 1.91. The van der Waals surface area contributed by atoms with Crippen LogP contribution in [0.15, 0.2) is 47.9 Å². The highest BCUT2D eigenvalue weighted by Gasteiger charge is 2.24. The van der Waals surface area contributed by atoms with Crippen LogP contribution in [0, 0.1) is 11.3 Å². The van der Waals surface area contributed by atoms with Gasteiger partial charge in [0.2, 0.25) is 0 Å². The fraction of sp³-hybridized carbons (Fsp3) is 0.692. The molecule has 2 heteroatoms. The molecule has 2 unspecified atom stereocenters. The number of nitrogens with zero attached hydrogens (tertiary/aromatic N) is 1. The molecule has 0 radical (unpaired) electrons. The lowest BCUT2D eigenvalue weighted by molar-refractivity contribution is 0.167. The van der Waals surface area contributed by atoms with E-state index in [1.807, 2.05) is 7.05 Å². The Morgan fingerprint density at radius 1 is 1.11 bits per heavy atom. The molecule has 1 N–H and O–H groups in total. The maximum absolute atomic E-state index is 3.99. The Morgan fingerprint density at radius 2 is 1.71 bits per heavy atom. The molecule has 0 rings (SSSR count). The Balaban J connectivity index is 5.70. The molecule has 2 atom stereocenters. The van der Waals surface area contributed by atoms with Gasteiger partial charge in [0.1, 0.15) is 0 Å². The first-order valence-corrected chi connectivity index (χ1v) is 11.3. The van der Waals surface area contributed by atoms with E-state index in [0.717, 1.165) is 18.7 Å². The van der Waals surface area contributed by atoms with Crippen LogP contribution in [0.1, 0.15) is 87.5 Å². The van der Waals surface area contributed by atoms with Crippen molar-refractivity contribution in [2.75, 3.05) is 13.6 Å². The van der Waals surface area contributed by atoms with E-state index in [9.17, 15) is 0 Å². The zero-order chi connectivity index (χ0) is 21.7. The lowest BCUT2D eigenvalue weighted by Crippen LogP contribution is -2.39. The molecule has 0 aromatic heterocycles. The fourth-order valence-corrected chi connectivity index (χ4v) is 3.13. The SMILES string of the molecule is C=C(/C=C/C(/C=C\C(=C(C)C)N(CC(C)(C)CC)C(C)CCCC)CC)NC. The number of unbranched alkanes of at least 4 members (excludes halogenated alkanes) is 1. The van der Waals surface area contributed by atoms with Crippen LogP contribution in [-0.4, -0.2) is 24.5 Å². The molecule has 0 heterocycles. The topological polar surface area (TPSA) is 15.3 Å². The van der Waals surface area contributed by atoms with Gasteiger partial charge < -0.3 is 10.2 Å². The summed E-state index contributed by atoms with van der Waals surface area (Å²) in [5.41, 5.74) is 4.05. The molecule has 0 saturated heterocycles. The zero-order valence-corrected chi connectivity index (χ0v) is 20.4. The first kappa shape index (κ1) is 26.6. The van der Waals surface area contributed by atoms with Crippen molar-refractivity contribution < 1.29 is 0 Å². The van der Waals surface area contributed by atoms with Gasteiger partial charge in [-0.05, 0) is 63.5 Å². The molecule has 0 amide bonds. The largest absolute Gasteiger partial charge is 0.389 e. The van der Waals surface area contributed by atoms with Gasteiger partial charge in [-0.15, -0.1) is 0 Å². The van der Waals surface area contributed by atoms with Crippen LogP contribution in [0.2, 0.25) is 0 Å². The number of hydrogen-bond acceptors (Lipinski definition) is 2. The van der Waals surface area contributed by atoms with Crippen molar-refractivity contribution in [1.29, 1.82) is 0 Å². The third-order valence-electron chi connectivity index (χ3n) is 5.72. The molecule has 0 aliphatic heterocycles. The van der Waals surface area contributed by atoms with E-state index in [1.165, 1.54) is 37.0 Å². The van der Waals surface area contributed by atoms with Crippen LogP contribution in [0.5, 0.6) is 0 Å². The monoisotopic (exact) mass is 388 g/mol. The molecule has 2 nitrogen and oxygen atoms in total. The molecule has 0 aromatic carbocycles. The van der Waals surface area contributed by atoms with E-state index >= 15 is 0 Å². The molecule has 0 aliphatic rings. The normalized spacial score (nSPS) is 14.3. The summed E-state index contributed by atoms with van der Waals surface area (Å²) >= 11 is 0. The first-order valence-electron chi connectivity index (χ1n) is 11.3. The van der Waals surface area contributed by atoms with Crippen molar-refractivity contribution in [3.8, 4) is 0 Å². The highest BCUT2D eigenvalue weighted by molar-refractivity contribution is 5.25. The molecule has 28 heavy (non-hydrogen) atoms. The summed E-state index contributed by atoms with van der Waals surface area (Å²) in [5, 5.41) is 3.09. The number of likely N-dealkylation sites (N-methyl/N-ethyl adjacent to an activating group) is 1. The lowest BCUT2D eigenvalue weighted by Gasteiger charge is -2.39. The van der Waals surface area contributed by atoms with Crippen molar-refractivity contribution in [1.82, 2.24) is 10.2 Å². The van der Waals surface area contributed by atoms with Gasteiger partial charge in [0.25, 0.3) is 0 Å². The minimum Gasteiger partial charge on any atom is -0.389 e. The number of allylic oxidation sites excluding steroid dienone is 5. The predicted molar refractivity (Wildman–Crippen MR) is 128 cm³/mol. The van der Waals surface area contributed by atoms with Gasteiger partial charge in [-0.2, -0.15) is 0 Å². The van der Waals surface area contributed by atoms with Crippen LogP contribution < -0.4 is 5.32 Å². The summed E-state index contributed by atoms with van der Waals surface area (Å²) in [4.78, 5) is 2.66. The molecular formula is C26H48N2. The zero-order valence-electron chi connectivity index (χ0n) is 20.4. The van der Waals surface area contributed by atoms with Crippen molar-refractivity contribution >= 4 is 0 Å². The Kier molecular flexibility index (Phi) is 13.0. The highest BCUT2D eigenvalue weighted by atomic mass is 15.2. The highest BCUT2D eigenvalue weighted by Crippen LogP contribution is 2.28. The van der Waals surface area contributed by atoms with E-state index in [1.54, 1.807) is 0 Å². The van der Waals surface area contributed by atoms with Crippen molar-refractivity contribution in [3.63, 3.8) is 0 Å². The van der Waals surface area contributed by atoms with Crippen LogP contribution >= 0.6 is 0 Å². The second kappa shape index (κ2) is 13.7. The van der Waals surface area contributed by atoms with E-state index in [0.29, 0.717) is 17.4 Å². The van der Waals surface area contributed by atoms with Crippen molar-refractivity contribution in [2.24, 2.45) is 11.3 Å². The Hall–Kier alpha value is -1.44. The van der Waals surface area contributed by atoms with Gasteiger partial charge in [-0.3, -0.25) is 0 Å². The Labute approximate surface area is 176 Å². The van der Waals surface area contributed by atoms with Gasteiger partial charge in [-0.1, -0.05) is 71.8 Å². The molecule has 0 fully saturated rings. The van der Waals surface area contributed by atoms with E-state index < -0.39 is 0 Å². The summed E-state index contributed by atoms with van der Waals surface area (Å²) in [5.74, 6) is 0.423. The molecule has 0 spiro atoms. The van der Waals surface area contributed by atoms with Crippen LogP contribution in [-0.2, 0) is 0 Å². The van der Waals surface area contributed by atoms with Crippen molar-refractivity contribution in [3.05, 3.63) is 47.9 Å². The molecule has 0 aromatic rings. The third kappa shape index (κ3) is 10.2. The lowest BCUT2D eigenvalue weighted by atomic mass is 9.88. The molecule has 0 bridgehead atoms. The minimum atomic E-state index is 0.309. The van der Waals surface area contributed by atoms with Gasteiger partial charge in [0.05, 0.1) is 0 Å². The maximum atomic E-state index is 3.99.